The van der Waals surface area contributed by atoms with E-state index in [9.17, 15) is 19.5 Å². The predicted octanol–water partition coefficient (Wildman–Crippen LogP) is 9.77. The van der Waals surface area contributed by atoms with Crippen molar-refractivity contribution < 1.29 is 37.9 Å². The number of aromatic nitrogens is 5. The molecule has 7 aromatic rings. The molecule has 5 fully saturated rings. The summed E-state index contributed by atoms with van der Waals surface area (Å²) in [5.41, 5.74) is 7.46. The van der Waals surface area contributed by atoms with E-state index in [0.717, 1.165) is 103 Å². The number of anilines is 1. The first-order valence-electron chi connectivity index (χ1n) is 28.6. The molecule has 3 aromatic carbocycles. The summed E-state index contributed by atoms with van der Waals surface area (Å²) in [6.07, 6.45) is 10.1. The number of pyridine rings is 1. The number of nitrogens with zero attached hydrogens (tertiary/aromatic N) is 8. The molecule has 4 aromatic heterocycles. The maximum absolute atomic E-state index is 16.8. The van der Waals surface area contributed by atoms with Crippen molar-refractivity contribution in [2.75, 3.05) is 51.3 Å². The Hall–Kier alpha value is -7.29. The number of halogens is 1. The molecule has 5 aliphatic heterocycles. The van der Waals surface area contributed by atoms with E-state index in [4.69, 9.17) is 19.2 Å². The van der Waals surface area contributed by atoms with Gasteiger partial charge in [-0.15, -0.1) is 11.3 Å². The van der Waals surface area contributed by atoms with Crippen LogP contribution in [0.25, 0.3) is 43.4 Å². The van der Waals surface area contributed by atoms with Crippen LogP contribution in [0.15, 0.2) is 76.9 Å². The number of phenolic OH excluding ortho intramolecular Hbond substituents is 1. The Morgan fingerprint density at radius 2 is 1.73 bits per heavy atom. The van der Waals surface area contributed by atoms with Crippen molar-refractivity contribution in [1.82, 2.24) is 50.8 Å². The summed E-state index contributed by atoms with van der Waals surface area (Å²) in [5.74, 6) is -0.359. The molecule has 5 unspecified atom stereocenters. The first-order chi connectivity index (χ1) is 39.2. The molecule has 3 amide bonds. The second kappa shape index (κ2) is 23.7. The summed E-state index contributed by atoms with van der Waals surface area (Å²) in [7, 11) is 1.28. The van der Waals surface area contributed by atoms with E-state index in [2.05, 4.69) is 52.5 Å². The number of likely N-dealkylation sites (tertiary alicyclic amines) is 1. The Bertz CT molecular complexity index is 3420. The van der Waals surface area contributed by atoms with Gasteiger partial charge < -0.3 is 44.9 Å². The van der Waals surface area contributed by atoms with Crippen molar-refractivity contribution in [2.45, 2.75) is 135 Å². The normalized spacial score (nSPS) is 20.1. The number of carbonyl (C=O) groups excluding carboxylic acids is 3. The van der Waals surface area contributed by atoms with Crippen molar-refractivity contribution in [3.63, 3.8) is 0 Å². The minimum atomic E-state index is -0.599. The largest absolute Gasteiger partial charge is 0.508 e. The second-order valence-corrected chi connectivity index (χ2v) is 23.6. The first kappa shape index (κ1) is 55.6. The van der Waals surface area contributed by atoms with Crippen LogP contribution in [-0.4, -0.2) is 128 Å². The van der Waals surface area contributed by atoms with E-state index in [1.165, 1.54) is 20.0 Å². The third-order valence-electron chi connectivity index (χ3n) is 17.2. The number of alkyl carbamates (subject to hydrolysis) is 1. The Morgan fingerprint density at radius 1 is 0.963 bits per heavy atom. The number of aryl methyl sites for hydroxylation is 2. The van der Waals surface area contributed by atoms with Gasteiger partial charge in [0.05, 0.1) is 46.7 Å². The number of piperazine rings is 1. The lowest BCUT2D eigenvalue weighted by atomic mass is 9.91. The number of amides is 3. The third kappa shape index (κ3) is 11.4. The van der Waals surface area contributed by atoms with Gasteiger partial charge in [-0.1, -0.05) is 68.4 Å². The summed E-state index contributed by atoms with van der Waals surface area (Å²) in [6, 6.07) is 19.3. The highest BCUT2D eigenvalue weighted by Crippen LogP contribution is 2.42. The zero-order chi connectivity index (χ0) is 56.5. The van der Waals surface area contributed by atoms with Gasteiger partial charge in [-0.3, -0.25) is 19.5 Å². The van der Waals surface area contributed by atoms with Gasteiger partial charge in [0.1, 0.15) is 52.8 Å². The van der Waals surface area contributed by atoms with Crippen LogP contribution in [0, 0.1) is 18.7 Å². The second-order valence-electron chi connectivity index (χ2n) is 22.7. The lowest BCUT2D eigenvalue weighted by molar-refractivity contribution is -0.141. The zero-order valence-corrected chi connectivity index (χ0v) is 47.8. The molecule has 9 heterocycles. The van der Waals surface area contributed by atoms with E-state index in [-0.39, 0.29) is 58.8 Å². The number of rotatable bonds is 15. The number of benzene rings is 3. The fraction of sp³-hybridized carbons (Fsp3) is 0.475. The third-order valence-corrected chi connectivity index (χ3v) is 18.1. The quantitative estimate of drug-likeness (QED) is 0.0752. The lowest BCUT2D eigenvalue weighted by Gasteiger charge is -2.34. The maximum Gasteiger partial charge on any atom is 0.407 e. The number of carbonyl (C=O) groups is 3. The molecule has 4 N–H and O–H groups in total. The highest BCUT2D eigenvalue weighted by atomic mass is 32.1. The highest BCUT2D eigenvalue weighted by molar-refractivity contribution is 7.13. The van der Waals surface area contributed by atoms with E-state index >= 15 is 4.39 Å². The molecular formula is C61H72FN11O7S. The van der Waals surface area contributed by atoms with Gasteiger partial charge in [0, 0.05) is 49.5 Å². The van der Waals surface area contributed by atoms with Gasteiger partial charge in [0.2, 0.25) is 11.8 Å². The number of methoxy groups -OCH3 is 1. The van der Waals surface area contributed by atoms with Crippen molar-refractivity contribution in [2.24, 2.45) is 5.92 Å². The number of aromatic hydroxyl groups is 1. The van der Waals surface area contributed by atoms with Gasteiger partial charge >= 0.3 is 12.1 Å². The first-order valence-corrected chi connectivity index (χ1v) is 29.5. The van der Waals surface area contributed by atoms with Gasteiger partial charge in [0.25, 0.3) is 0 Å². The van der Waals surface area contributed by atoms with E-state index < -0.39 is 23.9 Å². The van der Waals surface area contributed by atoms with Crippen LogP contribution in [0.3, 0.4) is 0 Å². The Morgan fingerprint density at radius 3 is 2.43 bits per heavy atom. The molecule has 5 atom stereocenters. The van der Waals surface area contributed by atoms with Gasteiger partial charge in [-0.2, -0.15) is 9.97 Å². The molecule has 0 saturated carbocycles. The average molecular weight is 1120 g/mol. The molecule has 0 radical (unpaired) electrons. The summed E-state index contributed by atoms with van der Waals surface area (Å²) in [5, 5.41) is 26.2. The van der Waals surface area contributed by atoms with Crippen LogP contribution < -0.4 is 25.6 Å². The molecule has 5 aliphatic rings. The minimum Gasteiger partial charge on any atom is -0.508 e. The smallest absolute Gasteiger partial charge is 0.407 e. The Kier molecular flexibility index (Phi) is 16.2. The summed E-state index contributed by atoms with van der Waals surface area (Å²) >= 11 is 1.60. The molecule has 5 saturated heterocycles. The molecular weight excluding hydrogens is 1050 g/mol. The number of phenols is 1. The van der Waals surface area contributed by atoms with Gasteiger partial charge in [0.15, 0.2) is 5.82 Å². The molecule has 2 bridgehead atoms. The maximum atomic E-state index is 16.8. The minimum absolute atomic E-state index is 0.0333. The topological polar surface area (TPSA) is 213 Å². The number of fused-ring (bicyclic) bond motifs is 5. The standard InChI is InChI=1S/C33H37FN6O2.C28H35N5O5S/c1-2-20-6-3-7-21-14-24(41)15-25(27(20)21)29-28(34)30-26(16-35-29)31(39-17-22-8-9-23(18-39)36-22)38-32(37-30)42-19-33-10-4-12-40(33)13-5-11-33;1-16(2)24(23-13-21(32-38-23)14-29-28(36)37-5)27(35)33-12-6-7-22(33)26(34)31-17(3)19-8-10-20(11-9-19)25-18(4)30-15-39-25/h3,6-7,14-16,22-23,36,41H,2,4-5,8-13,17-19H2,1H3;8-11,13,15-17,22,24H,6-7,12,14H2,1-5H3,(H,29,36)(H,31,34). The fourth-order valence-corrected chi connectivity index (χ4v) is 13.8. The summed E-state index contributed by atoms with van der Waals surface area (Å²) in [6.45, 7) is 14.8. The van der Waals surface area contributed by atoms with Crippen molar-refractivity contribution in [3.8, 4) is 33.5 Å². The Balaban J connectivity index is 0.000000171. The van der Waals surface area contributed by atoms with Crippen molar-refractivity contribution >= 4 is 56.7 Å². The van der Waals surface area contributed by atoms with Crippen LogP contribution in [-0.2, 0) is 27.3 Å². The van der Waals surface area contributed by atoms with Crippen LogP contribution in [0.5, 0.6) is 11.8 Å². The predicted molar refractivity (Wildman–Crippen MR) is 309 cm³/mol. The van der Waals surface area contributed by atoms with Crippen LogP contribution in [0.2, 0.25) is 0 Å². The average Bonchev–Trinajstić information content (AvgIpc) is 4.48. The van der Waals surface area contributed by atoms with Gasteiger partial charge in [-0.25, -0.2) is 14.2 Å². The fourth-order valence-electron chi connectivity index (χ4n) is 13.0. The van der Waals surface area contributed by atoms with Crippen LogP contribution in [0.4, 0.5) is 15.0 Å². The van der Waals surface area contributed by atoms with Crippen LogP contribution in [0.1, 0.15) is 119 Å². The van der Waals surface area contributed by atoms with E-state index in [0.29, 0.717) is 59.9 Å². The molecule has 12 rings (SSSR count). The van der Waals surface area contributed by atoms with Crippen LogP contribution >= 0.6 is 11.3 Å². The highest BCUT2D eigenvalue weighted by Gasteiger charge is 2.45. The number of hydrogen-bond acceptors (Lipinski definition) is 16. The monoisotopic (exact) mass is 1120 g/mol. The van der Waals surface area contributed by atoms with E-state index in [1.54, 1.807) is 40.6 Å². The number of hydrogen-bond donors (Lipinski definition) is 4. The molecule has 0 spiro atoms. The number of nitrogens with one attached hydrogen (secondary N) is 3. The molecule has 0 aliphatic carbocycles. The lowest BCUT2D eigenvalue weighted by Crippen LogP contribution is -2.51. The summed E-state index contributed by atoms with van der Waals surface area (Å²) in [4.78, 5) is 64.7. The zero-order valence-electron chi connectivity index (χ0n) is 47.0. The molecule has 20 heteroatoms. The molecule has 81 heavy (non-hydrogen) atoms. The molecule has 426 valence electrons. The Labute approximate surface area is 475 Å². The summed E-state index contributed by atoms with van der Waals surface area (Å²) < 4.78 is 33.2. The van der Waals surface area contributed by atoms with E-state index in [1.807, 2.05) is 75.7 Å². The van der Waals surface area contributed by atoms with Gasteiger partial charge in [-0.05, 0) is 130 Å². The van der Waals surface area contributed by atoms with Crippen molar-refractivity contribution in [1.29, 1.82) is 0 Å². The molecule has 18 nitrogen and oxygen atoms in total. The SMILES string of the molecule is CCc1cccc2cc(O)cc(-c3ncc4c(N5CC6CCC(C5)N6)nc(OCC56CCCN5CCC6)nc4c3F)c12.COC(=O)NCc1cc(C(C(=O)N2CCCC2C(=O)NC(C)c2ccc(-c3scnc3C)cc2)C(C)C)on1. The van der Waals surface area contributed by atoms with Crippen molar-refractivity contribution in [3.05, 3.63) is 106 Å². The number of ether oxygens (including phenoxy) is 2. The number of thiazole rings is 1.